The van der Waals surface area contributed by atoms with Crippen molar-refractivity contribution in [3.05, 3.63) is 48.5 Å². The van der Waals surface area contributed by atoms with E-state index in [1.165, 1.54) is 12.4 Å². The third-order valence-corrected chi connectivity index (χ3v) is 5.24. The summed E-state index contributed by atoms with van der Waals surface area (Å²) >= 11 is 0. The van der Waals surface area contributed by atoms with Gasteiger partial charge in [0.15, 0.2) is 0 Å². The zero-order valence-corrected chi connectivity index (χ0v) is 20.7. The highest BCUT2D eigenvalue weighted by Gasteiger charge is 2.18. The fourth-order valence-electron chi connectivity index (χ4n) is 3.11. The van der Waals surface area contributed by atoms with Crippen molar-refractivity contribution in [2.75, 3.05) is 44.6 Å². The van der Waals surface area contributed by atoms with Crippen molar-refractivity contribution in [1.29, 1.82) is 0 Å². The van der Waals surface area contributed by atoms with E-state index in [1.807, 2.05) is 13.8 Å². The second-order valence-corrected chi connectivity index (χ2v) is 8.53. The van der Waals surface area contributed by atoms with Crippen LogP contribution in [0.25, 0.3) is 10.9 Å². The molecule has 0 fully saturated rings. The molecule has 10 nitrogen and oxygen atoms in total. The zero-order chi connectivity index (χ0) is 26.1. The third kappa shape index (κ3) is 7.59. The lowest BCUT2D eigenvalue weighted by Crippen LogP contribution is -2.40. The van der Waals surface area contributed by atoms with E-state index in [-0.39, 0.29) is 30.8 Å². The topological polar surface area (TPSA) is 124 Å². The molecule has 3 N–H and O–H groups in total. The van der Waals surface area contributed by atoms with Gasteiger partial charge < -0.3 is 30.2 Å². The molecule has 2 amide bonds. The summed E-state index contributed by atoms with van der Waals surface area (Å²) in [6, 6.07) is 9.63. The van der Waals surface area contributed by atoms with Crippen LogP contribution in [0.1, 0.15) is 20.3 Å². The van der Waals surface area contributed by atoms with Crippen LogP contribution in [0, 0.1) is 5.82 Å². The van der Waals surface area contributed by atoms with Crippen LogP contribution in [0.2, 0.25) is 0 Å². The van der Waals surface area contributed by atoms with Gasteiger partial charge in [-0.15, -0.1) is 0 Å². The first-order valence-corrected chi connectivity index (χ1v) is 11.3. The number of hydrogen-bond donors (Lipinski definition) is 3. The predicted molar refractivity (Wildman–Crippen MR) is 134 cm³/mol. The maximum absolute atomic E-state index is 14.9. The number of amides is 2. The van der Waals surface area contributed by atoms with Crippen LogP contribution in [-0.4, -0.2) is 61.4 Å². The normalized spacial score (nSPS) is 11.2. The zero-order valence-electron chi connectivity index (χ0n) is 20.7. The molecule has 2 aromatic carbocycles. The summed E-state index contributed by atoms with van der Waals surface area (Å²) in [5, 5.41) is 8.63. The molecule has 3 aromatic rings. The minimum absolute atomic E-state index is 0.219. The first-order chi connectivity index (χ1) is 17.2. The summed E-state index contributed by atoms with van der Waals surface area (Å²) in [7, 11) is 3.11. The molecule has 1 heterocycles. The van der Waals surface area contributed by atoms with E-state index in [4.69, 9.17) is 14.2 Å². The molecule has 0 aliphatic carbocycles. The summed E-state index contributed by atoms with van der Waals surface area (Å²) < 4.78 is 30.5. The van der Waals surface area contributed by atoms with E-state index >= 15 is 0 Å². The Hall–Kier alpha value is -3.83. The van der Waals surface area contributed by atoms with Crippen molar-refractivity contribution >= 4 is 39.9 Å². The maximum atomic E-state index is 14.9. The minimum atomic E-state index is -0.529. The molecule has 0 bridgehead atoms. The quantitative estimate of drug-likeness (QED) is 0.256. The second kappa shape index (κ2) is 12.2. The molecule has 0 aliphatic heterocycles. The number of fused-ring (bicyclic) bond motifs is 1. The number of nitrogens with one attached hydrogen (secondary N) is 3. The van der Waals surface area contributed by atoms with E-state index in [2.05, 4.69) is 25.9 Å². The highest BCUT2D eigenvalue weighted by atomic mass is 19.1. The Morgan fingerprint density at radius 3 is 2.42 bits per heavy atom. The molecule has 192 valence electrons. The van der Waals surface area contributed by atoms with Gasteiger partial charge in [-0.1, -0.05) is 0 Å². The molecule has 0 spiro atoms. The lowest BCUT2D eigenvalue weighted by atomic mass is 10.1. The molecular weight excluding hydrogens is 469 g/mol. The van der Waals surface area contributed by atoms with E-state index in [1.54, 1.807) is 44.6 Å². The van der Waals surface area contributed by atoms with E-state index in [9.17, 15) is 14.0 Å². The standard InChI is InChI=1S/C25H30FN5O5/c1-25(2,35-4)14-27-21(32)13-22(33)30-16-5-7-17(8-6-16)31-24-23-19(26)11-18(36-10-9-34-3)12-20(23)28-15-29-24/h5-8,11-12,15H,9-10,13-14H2,1-4H3,(H,27,32)(H,30,33)(H,28,29,31). The average Bonchev–Trinajstić information content (AvgIpc) is 2.84. The molecule has 0 saturated heterocycles. The number of ether oxygens (including phenoxy) is 3. The van der Waals surface area contributed by atoms with Gasteiger partial charge in [0.2, 0.25) is 11.8 Å². The molecule has 3 rings (SSSR count). The van der Waals surface area contributed by atoms with Gasteiger partial charge >= 0.3 is 0 Å². The predicted octanol–water partition coefficient (Wildman–Crippen LogP) is 3.41. The molecule has 0 aliphatic rings. The second-order valence-electron chi connectivity index (χ2n) is 8.53. The molecule has 0 radical (unpaired) electrons. The lowest BCUT2D eigenvalue weighted by Gasteiger charge is -2.22. The molecular formula is C25H30FN5O5. The van der Waals surface area contributed by atoms with Crippen LogP contribution in [0.3, 0.4) is 0 Å². The van der Waals surface area contributed by atoms with E-state index in [0.29, 0.717) is 29.2 Å². The van der Waals surface area contributed by atoms with Crippen molar-refractivity contribution in [1.82, 2.24) is 15.3 Å². The van der Waals surface area contributed by atoms with Crippen LogP contribution in [0.15, 0.2) is 42.7 Å². The lowest BCUT2D eigenvalue weighted by molar-refractivity contribution is -0.127. The van der Waals surface area contributed by atoms with Gasteiger partial charge in [-0.05, 0) is 38.1 Å². The van der Waals surface area contributed by atoms with Crippen molar-refractivity contribution in [2.45, 2.75) is 25.9 Å². The van der Waals surface area contributed by atoms with Gasteiger partial charge in [-0.25, -0.2) is 14.4 Å². The Labute approximate surface area is 208 Å². The summed E-state index contributed by atoms with van der Waals surface area (Å²) in [5.41, 5.74) is 0.989. The summed E-state index contributed by atoms with van der Waals surface area (Å²) in [6.07, 6.45) is 1.01. The highest BCUT2D eigenvalue weighted by molar-refractivity contribution is 6.03. The van der Waals surface area contributed by atoms with Gasteiger partial charge in [0.25, 0.3) is 0 Å². The Kier molecular flexibility index (Phi) is 9.09. The first-order valence-electron chi connectivity index (χ1n) is 11.3. The molecule has 36 heavy (non-hydrogen) atoms. The van der Waals surface area contributed by atoms with Gasteiger partial charge in [0, 0.05) is 44.3 Å². The molecule has 1 aromatic heterocycles. The van der Waals surface area contributed by atoms with Crippen LogP contribution >= 0.6 is 0 Å². The Bertz CT molecular complexity index is 1200. The van der Waals surface area contributed by atoms with Gasteiger partial charge in [-0.3, -0.25) is 9.59 Å². The number of halogens is 1. The molecule has 11 heteroatoms. The Balaban J connectivity index is 1.61. The van der Waals surface area contributed by atoms with E-state index in [0.717, 1.165) is 0 Å². The molecule has 0 unspecified atom stereocenters. The Morgan fingerprint density at radius 1 is 1.00 bits per heavy atom. The van der Waals surface area contributed by atoms with Gasteiger partial charge in [0.05, 0.1) is 23.1 Å². The summed E-state index contributed by atoms with van der Waals surface area (Å²) in [4.78, 5) is 32.5. The van der Waals surface area contributed by atoms with Crippen molar-refractivity contribution < 1.29 is 28.2 Å². The number of carbonyl (C=O) groups is 2. The number of aromatic nitrogens is 2. The number of rotatable bonds is 12. The number of nitrogens with zero attached hydrogens (tertiary/aromatic N) is 2. The fourth-order valence-corrected chi connectivity index (χ4v) is 3.11. The average molecular weight is 500 g/mol. The minimum Gasteiger partial charge on any atom is -0.491 e. The van der Waals surface area contributed by atoms with Gasteiger partial charge in [-0.2, -0.15) is 0 Å². The third-order valence-electron chi connectivity index (χ3n) is 5.24. The number of benzene rings is 2. The van der Waals surface area contributed by atoms with Crippen LogP contribution in [0.4, 0.5) is 21.6 Å². The fraction of sp³-hybridized carbons (Fsp3) is 0.360. The monoisotopic (exact) mass is 499 g/mol. The molecule has 0 atom stereocenters. The van der Waals surface area contributed by atoms with Crippen molar-refractivity contribution in [3.63, 3.8) is 0 Å². The van der Waals surface area contributed by atoms with Crippen molar-refractivity contribution in [3.8, 4) is 5.75 Å². The largest absolute Gasteiger partial charge is 0.491 e. The number of anilines is 3. The van der Waals surface area contributed by atoms with Crippen LogP contribution < -0.4 is 20.7 Å². The smallest absolute Gasteiger partial charge is 0.233 e. The first kappa shape index (κ1) is 26.8. The number of methoxy groups -OCH3 is 2. The van der Waals surface area contributed by atoms with E-state index < -0.39 is 23.2 Å². The summed E-state index contributed by atoms with van der Waals surface area (Å²) in [6.45, 7) is 4.62. The van der Waals surface area contributed by atoms with Gasteiger partial charge in [0.1, 0.15) is 36.7 Å². The van der Waals surface area contributed by atoms with Crippen LogP contribution in [0.5, 0.6) is 5.75 Å². The van der Waals surface area contributed by atoms with Crippen molar-refractivity contribution in [2.24, 2.45) is 0 Å². The molecule has 0 saturated carbocycles. The van der Waals surface area contributed by atoms with Crippen LogP contribution in [-0.2, 0) is 19.1 Å². The highest BCUT2D eigenvalue weighted by Crippen LogP contribution is 2.29. The number of hydrogen-bond acceptors (Lipinski definition) is 8. The number of carbonyl (C=O) groups excluding carboxylic acids is 2. The Morgan fingerprint density at radius 2 is 1.72 bits per heavy atom. The SMILES string of the molecule is COCCOc1cc(F)c2c(Nc3ccc(NC(=O)CC(=O)NCC(C)(C)OC)cc3)ncnc2c1. The maximum Gasteiger partial charge on any atom is 0.233 e. The summed E-state index contributed by atoms with van der Waals surface area (Å²) in [5.74, 6) is -0.748.